The van der Waals surface area contributed by atoms with Gasteiger partial charge < -0.3 is 10.1 Å². The predicted molar refractivity (Wildman–Crippen MR) is 94.3 cm³/mol. The Labute approximate surface area is 139 Å². The molecule has 112 valence electrons. The van der Waals surface area contributed by atoms with E-state index in [1.54, 1.807) is 0 Å². The van der Waals surface area contributed by atoms with Crippen molar-refractivity contribution in [1.82, 2.24) is 5.32 Å². The molecule has 0 aliphatic carbocycles. The lowest BCUT2D eigenvalue weighted by atomic mass is 10.1. The summed E-state index contributed by atoms with van der Waals surface area (Å²) >= 11 is 5.33. The van der Waals surface area contributed by atoms with E-state index in [1.807, 2.05) is 37.0 Å². The summed E-state index contributed by atoms with van der Waals surface area (Å²) in [5, 5.41) is 3.26. The van der Waals surface area contributed by atoms with Crippen molar-refractivity contribution in [3.05, 3.63) is 58.6 Å². The summed E-state index contributed by atoms with van der Waals surface area (Å²) in [4.78, 5) is 1.28. The van der Waals surface area contributed by atoms with Crippen LogP contribution in [0.25, 0.3) is 0 Å². The Morgan fingerprint density at radius 2 is 1.95 bits per heavy atom. The number of thioether (sulfide) groups is 1. The Bertz CT molecular complexity index is 562. The lowest BCUT2D eigenvalue weighted by Crippen LogP contribution is -2.14. The molecule has 0 amide bonds. The second kappa shape index (κ2) is 8.47. The topological polar surface area (TPSA) is 21.3 Å². The van der Waals surface area contributed by atoms with E-state index in [4.69, 9.17) is 4.74 Å². The third-order valence-corrected chi connectivity index (χ3v) is 4.69. The van der Waals surface area contributed by atoms with Gasteiger partial charge in [-0.2, -0.15) is 0 Å². The highest BCUT2D eigenvalue weighted by atomic mass is 79.9. The molecule has 0 saturated carbocycles. The molecule has 21 heavy (non-hydrogen) atoms. The quantitative estimate of drug-likeness (QED) is 0.556. The number of nitrogens with one attached hydrogen (secondary N) is 1. The first-order chi connectivity index (χ1) is 10.2. The number of halogens is 1. The van der Waals surface area contributed by atoms with Gasteiger partial charge in [0.1, 0.15) is 5.75 Å². The number of hydrogen-bond donors (Lipinski definition) is 1. The molecule has 0 spiro atoms. The van der Waals surface area contributed by atoms with Crippen molar-refractivity contribution in [3.8, 4) is 5.75 Å². The van der Waals surface area contributed by atoms with Crippen molar-refractivity contribution in [3.63, 3.8) is 0 Å². The molecule has 1 N–H and O–H groups in total. The van der Waals surface area contributed by atoms with E-state index < -0.39 is 0 Å². The predicted octanol–water partition coefficient (Wildman–Crippen LogP) is 4.90. The fourth-order valence-corrected chi connectivity index (χ4v) is 3.10. The Morgan fingerprint density at radius 3 is 2.67 bits per heavy atom. The van der Waals surface area contributed by atoms with Crippen LogP contribution in [-0.2, 0) is 0 Å². The zero-order valence-corrected chi connectivity index (χ0v) is 14.7. The van der Waals surface area contributed by atoms with E-state index >= 15 is 0 Å². The third-order valence-electron chi connectivity index (χ3n) is 3.22. The molecular formula is C17H20BrNOS. The molecule has 2 rings (SSSR count). The van der Waals surface area contributed by atoms with Gasteiger partial charge in [-0.05, 0) is 44.3 Å². The molecule has 0 fully saturated rings. The summed E-state index contributed by atoms with van der Waals surface area (Å²) in [5.41, 5.74) is 1.18. The van der Waals surface area contributed by atoms with E-state index in [2.05, 4.69) is 58.5 Å². The van der Waals surface area contributed by atoms with Crippen LogP contribution in [0.3, 0.4) is 0 Å². The van der Waals surface area contributed by atoms with Crippen LogP contribution in [0.4, 0.5) is 0 Å². The summed E-state index contributed by atoms with van der Waals surface area (Å²) < 4.78 is 7.03. The van der Waals surface area contributed by atoms with Gasteiger partial charge >= 0.3 is 0 Å². The molecule has 0 saturated heterocycles. The van der Waals surface area contributed by atoms with Crippen LogP contribution < -0.4 is 10.1 Å². The first-order valence-electron chi connectivity index (χ1n) is 6.98. The van der Waals surface area contributed by atoms with Gasteiger partial charge in [0.15, 0.2) is 0 Å². The van der Waals surface area contributed by atoms with Crippen LogP contribution in [0, 0.1) is 0 Å². The van der Waals surface area contributed by atoms with Crippen LogP contribution in [0.1, 0.15) is 18.5 Å². The number of ether oxygens (including phenoxy) is 1. The van der Waals surface area contributed by atoms with Gasteiger partial charge in [-0.25, -0.2) is 0 Å². The smallest absolute Gasteiger partial charge is 0.124 e. The van der Waals surface area contributed by atoms with Gasteiger partial charge in [-0.15, -0.1) is 11.8 Å². The Morgan fingerprint density at radius 1 is 1.19 bits per heavy atom. The lowest BCUT2D eigenvalue weighted by Gasteiger charge is -2.17. The second-order valence-electron chi connectivity index (χ2n) is 4.70. The maximum absolute atomic E-state index is 5.96. The van der Waals surface area contributed by atoms with E-state index in [0.717, 1.165) is 16.0 Å². The van der Waals surface area contributed by atoms with Crippen LogP contribution >= 0.6 is 27.7 Å². The van der Waals surface area contributed by atoms with Crippen LogP contribution in [0.5, 0.6) is 5.75 Å². The Balaban J connectivity index is 1.91. The largest absolute Gasteiger partial charge is 0.492 e. The van der Waals surface area contributed by atoms with Crippen molar-refractivity contribution in [2.45, 2.75) is 17.9 Å². The molecule has 0 aliphatic rings. The Kier molecular flexibility index (Phi) is 6.61. The molecule has 0 radical (unpaired) electrons. The van der Waals surface area contributed by atoms with Crippen LogP contribution in [0.15, 0.2) is 57.9 Å². The van der Waals surface area contributed by atoms with Gasteiger partial charge in [-0.3, -0.25) is 0 Å². The highest BCUT2D eigenvalue weighted by Gasteiger charge is 2.10. The summed E-state index contributed by atoms with van der Waals surface area (Å²) in [6.07, 6.45) is 0. The van der Waals surface area contributed by atoms with Gasteiger partial charge in [0.2, 0.25) is 0 Å². The molecule has 4 heteroatoms. The maximum atomic E-state index is 5.96. The van der Waals surface area contributed by atoms with Crippen LogP contribution in [0.2, 0.25) is 0 Å². The minimum Gasteiger partial charge on any atom is -0.492 e. The molecule has 0 aromatic heterocycles. The SMILES string of the molecule is CNC(C)c1cc(Br)ccc1OCCSc1ccccc1. The van der Waals surface area contributed by atoms with E-state index in [9.17, 15) is 0 Å². The van der Waals surface area contributed by atoms with Crippen LogP contribution in [-0.4, -0.2) is 19.4 Å². The van der Waals surface area contributed by atoms with Gasteiger partial charge in [0.05, 0.1) is 6.61 Å². The first kappa shape index (κ1) is 16.4. The van der Waals surface area contributed by atoms with Gasteiger partial charge in [-0.1, -0.05) is 34.1 Å². The number of rotatable bonds is 7. The summed E-state index contributed by atoms with van der Waals surface area (Å²) in [6.45, 7) is 2.83. The first-order valence-corrected chi connectivity index (χ1v) is 8.76. The summed E-state index contributed by atoms with van der Waals surface area (Å²) in [5.74, 6) is 1.89. The van der Waals surface area contributed by atoms with E-state index in [-0.39, 0.29) is 6.04 Å². The molecular weight excluding hydrogens is 346 g/mol. The summed E-state index contributed by atoms with van der Waals surface area (Å²) in [7, 11) is 1.96. The standard InChI is InChI=1S/C17H20BrNOS/c1-13(19-2)16-12-14(18)8-9-17(16)20-10-11-21-15-6-4-3-5-7-15/h3-9,12-13,19H,10-11H2,1-2H3. The fraction of sp³-hybridized carbons (Fsp3) is 0.294. The summed E-state index contributed by atoms with van der Waals surface area (Å²) in [6, 6.07) is 16.8. The Hall–Kier alpha value is -0.970. The average molecular weight is 366 g/mol. The van der Waals surface area contributed by atoms with Crippen molar-refractivity contribution in [2.75, 3.05) is 19.4 Å². The number of benzene rings is 2. The molecule has 2 nitrogen and oxygen atoms in total. The van der Waals surface area contributed by atoms with Crippen molar-refractivity contribution in [2.24, 2.45) is 0 Å². The van der Waals surface area contributed by atoms with E-state index in [0.29, 0.717) is 6.61 Å². The number of hydrogen-bond acceptors (Lipinski definition) is 3. The molecule has 0 heterocycles. The molecule has 0 aliphatic heterocycles. The lowest BCUT2D eigenvalue weighted by molar-refractivity contribution is 0.336. The maximum Gasteiger partial charge on any atom is 0.124 e. The highest BCUT2D eigenvalue weighted by Crippen LogP contribution is 2.28. The molecule has 0 bridgehead atoms. The fourth-order valence-electron chi connectivity index (χ4n) is 1.97. The zero-order chi connectivity index (χ0) is 15.1. The molecule has 2 aromatic carbocycles. The van der Waals surface area contributed by atoms with Crippen molar-refractivity contribution in [1.29, 1.82) is 0 Å². The molecule has 2 aromatic rings. The van der Waals surface area contributed by atoms with E-state index in [1.165, 1.54) is 10.5 Å². The minimum atomic E-state index is 0.263. The monoisotopic (exact) mass is 365 g/mol. The minimum absolute atomic E-state index is 0.263. The van der Waals surface area contributed by atoms with Gasteiger partial charge in [0, 0.05) is 26.7 Å². The third kappa shape index (κ3) is 5.06. The normalized spacial score (nSPS) is 12.1. The molecule has 1 unspecified atom stereocenters. The molecule has 1 atom stereocenters. The average Bonchev–Trinajstić information content (AvgIpc) is 2.53. The van der Waals surface area contributed by atoms with Gasteiger partial charge in [0.25, 0.3) is 0 Å². The zero-order valence-electron chi connectivity index (χ0n) is 12.3. The van der Waals surface area contributed by atoms with Crippen molar-refractivity contribution >= 4 is 27.7 Å². The second-order valence-corrected chi connectivity index (χ2v) is 6.79. The highest BCUT2D eigenvalue weighted by molar-refractivity contribution is 9.10. The van der Waals surface area contributed by atoms with Crippen molar-refractivity contribution < 1.29 is 4.74 Å².